The van der Waals surface area contributed by atoms with Crippen LogP contribution in [0.1, 0.15) is 34.1 Å². The van der Waals surface area contributed by atoms with Crippen LogP contribution in [-0.4, -0.2) is 6.21 Å². The van der Waals surface area contributed by atoms with E-state index in [1.807, 2.05) is 13.8 Å². The lowest BCUT2D eigenvalue weighted by Crippen LogP contribution is -2.04. The Labute approximate surface area is 86.7 Å². The number of nitrogens with two attached hydrogens (primary N) is 1. The Bertz CT molecular complexity index is 289. The molecule has 0 heterocycles. The minimum atomic E-state index is 0.669. The molecule has 3 N–H and O–H groups in total. The Morgan fingerprint density at radius 1 is 1.29 bits per heavy atom. The number of rotatable bonds is 4. The van der Waals surface area contributed by atoms with E-state index >= 15 is 0 Å². The SMILES string of the molecule is CC/C=C(/C)C(C(N)=CC=N)=C(C)C. The zero-order valence-electron chi connectivity index (χ0n) is 9.52. The van der Waals surface area contributed by atoms with Gasteiger partial charge in [-0.3, -0.25) is 0 Å². The van der Waals surface area contributed by atoms with Crippen LogP contribution in [0.25, 0.3) is 0 Å². The largest absolute Gasteiger partial charge is 0.398 e. The van der Waals surface area contributed by atoms with Gasteiger partial charge < -0.3 is 11.1 Å². The van der Waals surface area contributed by atoms with Gasteiger partial charge in [-0.15, -0.1) is 0 Å². The van der Waals surface area contributed by atoms with E-state index in [2.05, 4.69) is 19.9 Å². The molecule has 0 fully saturated rings. The predicted octanol–water partition coefficient (Wildman–Crippen LogP) is 3.17. The lowest BCUT2D eigenvalue weighted by molar-refractivity contribution is 1.14. The van der Waals surface area contributed by atoms with Crippen molar-refractivity contribution in [1.29, 1.82) is 5.41 Å². The molecule has 2 heteroatoms. The molecule has 0 aliphatic carbocycles. The molecule has 78 valence electrons. The number of hydrogen-bond donors (Lipinski definition) is 2. The summed E-state index contributed by atoms with van der Waals surface area (Å²) in [5.74, 6) is 0. The molecule has 0 aromatic heterocycles. The van der Waals surface area contributed by atoms with Crippen molar-refractivity contribution in [2.24, 2.45) is 5.73 Å². The van der Waals surface area contributed by atoms with Crippen molar-refractivity contribution in [2.45, 2.75) is 34.1 Å². The molecule has 0 aromatic rings. The van der Waals surface area contributed by atoms with Gasteiger partial charge >= 0.3 is 0 Å². The van der Waals surface area contributed by atoms with Crippen molar-refractivity contribution < 1.29 is 0 Å². The standard InChI is InChI=1S/C12H20N2/c1-5-6-10(4)12(9(2)3)11(14)7-8-13/h6-8,13H,5,14H2,1-4H3/b10-6-,11-7?,13-8?. The smallest absolute Gasteiger partial charge is 0.0404 e. The van der Waals surface area contributed by atoms with Crippen LogP contribution in [0, 0.1) is 5.41 Å². The monoisotopic (exact) mass is 192 g/mol. The van der Waals surface area contributed by atoms with Crippen molar-refractivity contribution in [1.82, 2.24) is 0 Å². The van der Waals surface area contributed by atoms with Gasteiger partial charge in [0.05, 0.1) is 0 Å². The Hall–Kier alpha value is -1.31. The van der Waals surface area contributed by atoms with Gasteiger partial charge in [-0.2, -0.15) is 0 Å². The second-order valence-corrected chi connectivity index (χ2v) is 3.46. The topological polar surface area (TPSA) is 49.9 Å². The average Bonchev–Trinajstić information content (AvgIpc) is 2.04. The first-order chi connectivity index (χ1) is 6.54. The van der Waals surface area contributed by atoms with E-state index in [0.717, 1.165) is 12.0 Å². The van der Waals surface area contributed by atoms with Gasteiger partial charge in [0.25, 0.3) is 0 Å². The molecule has 0 radical (unpaired) electrons. The van der Waals surface area contributed by atoms with Crippen LogP contribution in [0.2, 0.25) is 0 Å². The predicted molar refractivity (Wildman–Crippen MR) is 63.5 cm³/mol. The number of hydrogen-bond acceptors (Lipinski definition) is 2. The summed E-state index contributed by atoms with van der Waals surface area (Å²) in [5.41, 5.74) is 9.97. The maximum Gasteiger partial charge on any atom is 0.0404 e. The van der Waals surface area contributed by atoms with E-state index in [4.69, 9.17) is 11.1 Å². The Morgan fingerprint density at radius 2 is 1.86 bits per heavy atom. The summed E-state index contributed by atoms with van der Waals surface area (Å²) in [4.78, 5) is 0. The molecule has 14 heavy (non-hydrogen) atoms. The van der Waals surface area contributed by atoms with Gasteiger partial charge in [0.1, 0.15) is 0 Å². The Morgan fingerprint density at radius 3 is 2.21 bits per heavy atom. The second kappa shape index (κ2) is 6.19. The maximum atomic E-state index is 6.99. The van der Waals surface area contributed by atoms with E-state index in [0.29, 0.717) is 5.70 Å². The van der Waals surface area contributed by atoms with E-state index in [-0.39, 0.29) is 0 Å². The van der Waals surface area contributed by atoms with Gasteiger partial charge in [0, 0.05) is 11.9 Å². The van der Waals surface area contributed by atoms with Gasteiger partial charge in [0.2, 0.25) is 0 Å². The van der Waals surface area contributed by atoms with Gasteiger partial charge in [0.15, 0.2) is 0 Å². The highest BCUT2D eigenvalue weighted by atomic mass is 14.6. The van der Waals surface area contributed by atoms with Crippen LogP contribution in [0.5, 0.6) is 0 Å². The van der Waals surface area contributed by atoms with Crippen molar-refractivity contribution in [3.8, 4) is 0 Å². The van der Waals surface area contributed by atoms with Crippen LogP contribution < -0.4 is 5.73 Å². The summed E-state index contributed by atoms with van der Waals surface area (Å²) < 4.78 is 0. The van der Waals surface area contributed by atoms with E-state index < -0.39 is 0 Å². The molecule has 0 amide bonds. The van der Waals surface area contributed by atoms with Crippen LogP contribution in [0.4, 0.5) is 0 Å². The fourth-order valence-electron chi connectivity index (χ4n) is 1.49. The summed E-state index contributed by atoms with van der Waals surface area (Å²) in [7, 11) is 0. The summed E-state index contributed by atoms with van der Waals surface area (Å²) in [5, 5.41) is 6.99. The quantitative estimate of drug-likeness (QED) is 0.521. The van der Waals surface area contributed by atoms with Crippen LogP contribution in [0.3, 0.4) is 0 Å². The van der Waals surface area contributed by atoms with Crippen LogP contribution in [-0.2, 0) is 0 Å². The minimum absolute atomic E-state index is 0.669. The molecule has 0 aromatic carbocycles. The van der Waals surface area contributed by atoms with Crippen LogP contribution >= 0.6 is 0 Å². The molecule has 0 saturated carbocycles. The highest BCUT2D eigenvalue weighted by molar-refractivity contribution is 5.71. The highest BCUT2D eigenvalue weighted by Gasteiger charge is 2.04. The lowest BCUT2D eigenvalue weighted by Gasteiger charge is -2.10. The van der Waals surface area contributed by atoms with Crippen LogP contribution in [0.15, 0.2) is 34.6 Å². The zero-order chi connectivity index (χ0) is 11.1. The summed E-state index contributed by atoms with van der Waals surface area (Å²) in [6.45, 7) is 8.22. The molecule has 0 bridgehead atoms. The highest BCUT2D eigenvalue weighted by Crippen LogP contribution is 2.19. The van der Waals surface area contributed by atoms with Gasteiger partial charge in [-0.1, -0.05) is 18.6 Å². The molecule has 0 spiro atoms. The molecule has 0 aliphatic rings. The summed E-state index contributed by atoms with van der Waals surface area (Å²) in [6, 6.07) is 0. The first-order valence-electron chi connectivity index (χ1n) is 4.85. The average molecular weight is 192 g/mol. The Kier molecular flexibility index (Phi) is 5.61. The second-order valence-electron chi connectivity index (χ2n) is 3.46. The third kappa shape index (κ3) is 3.60. The Balaban J connectivity index is 5.20. The maximum absolute atomic E-state index is 6.99. The van der Waals surface area contributed by atoms with Gasteiger partial charge in [-0.25, -0.2) is 0 Å². The summed E-state index contributed by atoms with van der Waals surface area (Å²) >= 11 is 0. The summed E-state index contributed by atoms with van der Waals surface area (Å²) in [6.07, 6.45) is 5.99. The molecule has 0 atom stereocenters. The molecule has 0 unspecified atom stereocenters. The van der Waals surface area contributed by atoms with Crippen molar-refractivity contribution in [3.63, 3.8) is 0 Å². The fraction of sp³-hybridized carbons (Fsp3) is 0.417. The number of nitrogens with one attached hydrogen (secondary N) is 1. The van der Waals surface area contributed by atoms with Crippen molar-refractivity contribution in [2.75, 3.05) is 0 Å². The van der Waals surface area contributed by atoms with Gasteiger partial charge in [-0.05, 0) is 44.4 Å². The first-order valence-corrected chi connectivity index (χ1v) is 4.85. The fourth-order valence-corrected chi connectivity index (χ4v) is 1.49. The van der Waals surface area contributed by atoms with E-state index in [1.54, 1.807) is 6.08 Å². The third-order valence-electron chi connectivity index (χ3n) is 1.96. The van der Waals surface area contributed by atoms with E-state index in [1.165, 1.54) is 17.4 Å². The zero-order valence-corrected chi connectivity index (χ0v) is 9.52. The molecule has 0 aliphatic heterocycles. The molecule has 0 saturated heterocycles. The van der Waals surface area contributed by atoms with Crippen molar-refractivity contribution in [3.05, 3.63) is 34.6 Å². The van der Waals surface area contributed by atoms with E-state index in [9.17, 15) is 0 Å². The van der Waals surface area contributed by atoms with Crippen molar-refractivity contribution >= 4 is 6.21 Å². The first kappa shape index (κ1) is 12.7. The normalized spacial score (nSPS) is 12.6. The molecule has 0 rings (SSSR count). The minimum Gasteiger partial charge on any atom is -0.398 e. The molecular weight excluding hydrogens is 172 g/mol. The molecule has 2 nitrogen and oxygen atoms in total. The molecular formula is C12H20N2. The third-order valence-corrected chi connectivity index (χ3v) is 1.96. The number of allylic oxidation sites excluding steroid dienone is 4. The lowest BCUT2D eigenvalue weighted by atomic mass is 9.99.